The highest BCUT2D eigenvalue weighted by Crippen LogP contribution is 2.27. The number of rotatable bonds is 5. The maximum atomic E-state index is 12.2. The van der Waals surface area contributed by atoms with Gasteiger partial charge in [0.1, 0.15) is 0 Å². The smallest absolute Gasteiger partial charge is 0.230 e. The van der Waals surface area contributed by atoms with Crippen LogP contribution in [-0.2, 0) is 16.0 Å². The Morgan fingerprint density at radius 2 is 1.73 bits per heavy atom. The number of ketones is 1. The first-order chi connectivity index (χ1) is 12.4. The van der Waals surface area contributed by atoms with Crippen LogP contribution < -0.4 is 10.6 Å². The van der Waals surface area contributed by atoms with Gasteiger partial charge in [-0.25, -0.2) is 4.98 Å². The van der Waals surface area contributed by atoms with Gasteiger partial charge in [0.2, 0.25) is 11.8 Å². The first kappa shape index (κ1) is 17.8. The Morgan fingerprint density at radius 3 is 2.38 bits per heavy atom. The van der Waals surface area contributed by atoms with Crippen LogP contribution in [0.4, 0.5) is 10.8 Å². The second kappa shape index (κ2) is 7.45. The zero-order valence-corrected chi connectivity index (χ0v) is 15.1. The molecule has 6 nitrogen and oxygen atoms in total. The van der Waals surface area contributed by atoms with Crippen LogP contribution in [0, 0.1) is 0 Å². The van der Waals surface area contributed by atoms with Gasteiger partial charge in [0.15, 0.2) is 10.9 Å². The molecule has 0 saturated carbocycles. The lowest BCUT2D eigenvalue weighted by atomic mass is 10.1. The van der Waals surface area contributed by atoms with Gasteiger partial charge in [-0.15, -0.1) is 0 Å². The van der Waals surface area contributed by atoms with E-state index in [-0.39, 0.29) is 24.0 Å². The maximum absolute atomic E-state index is 12.2. The van der Waals surface area contributed by atoms with Crippen LogP contribution in [0.2, 0.25) is 0 Å². The molecule has 0 radical (unpaired) electrons. The number of nitrogens with zero attached hydrogens (tertiary/aromatic N) is 1. The van der Waals surface area contributed by atoms with Crippen LogP contribution in [0.25, 0.3) is 10.2 Å². The predicted octanol–water partition coefficient (Wildman–Crippen LogP) is 3.64. The monoisotopic (exact) mass is 367 g/mol. The Kier molecular flexibility index (Phi) is 5.09. The summed E-state index contributed by atoms with van der Waals surface area (Å²) in [6.45, 7) is 2.96. The van der Waals surface area contributed by atoms with Crippen LogP contribution in [0.5, 0.6) is 0 Å². The van der Waals surface area contributed by atoms with Crippen LogP contribution in [0.3, 0.4) is 0 Å². The summed E-state index contributed by atoms with van der Waals surface area (Å²) in [7, 11) is 0. The minimum absolute atomic E-state index is 0.00593. The first-order valence-corrected chi connectivity index (χ1v) is 8.80. The fourth-order valence-electron chi connectivity index (χ4n) is 2.46. The van der Waals surface area contributed by atoms with Gasteiger partial charge in [0.25, 0.3) is 0 Å². The van der Waals surface area contributed by atoms with Crippen molar-refractivity contribution in [3.63, 3.8) is 0 Å². The number of hydrogen-bond acceptors (Lipinski definition) is 5. The van der Waals surface area contributed by atoms with Crippen molar-refractivity contribution in [2.24, 2.45) is 0 Å². The summed E-state index contributed by atoms with van der Waals surface area (Å²) >= 11 is 1.33. The summed E-state index contributed by atoms with van der Waals surface area (Å²) in [5.74, 6) is -0.323. The van der Waals surface area contributed by atoms with Crippen molar-refractivity contribution >= 4 is 50.0 Å². The fourth-order valence-corrected chi connectivity index (χ4v) is 3.38. The number of hydrogen-bond donors (Lipinski definition) is 2. The minimum Gasteiger partial charge on any atom is -0.326 e. The Bertz CT molecular complexity index is 993. The van der Waals surface area contributed by atoms with Crippen molar-refractivity contribution in [3.05, 3.63) is 53.6 Å². The van der Waals surface area contributed by atoms with Crippen molar-refractivity contribution in [1.29, 1.82) is 0 Å². The molecule has 0 spiro atoms. The van der Waals surface area contributed by atoms with Crippen molar-refractivity contribution < 1.29 is 14.4 Å². The van der Waals surface area contributed by atoms with Gasteiger partial charge < -0.3 is 10.6 Å². The van der Waals surface area contributed by atoms with Gasteiger partial charge >= 0.3 is 0 Å². The third-order valence-electron chi connectivity index (χ3n) is 3.68. The van der Waals surface area contributed by atoms with Crippen LogP contribution in [0.1, 0.15) is 29.8 Å². The Morgan fingerprint density at radius 1 is 1.00 bits per heavy atom. The van der Waals surface area contributed by atoms with E-state index >= 15 is 0 Å². The zero-order valence-electron chi connectivity index (χ0n) is 14.3. The molecule has 132 valence electrons. The number of anilines is 2. The lowest BCUT2D eigenvalue weighted by Gasteiger charge is -2.04. The normalized spacial score (nSPS) is 10.5. The number of fused-ring (bicyclic) bond motifs is 1. The predicted molar refractivity (Wildman–Crippen MR) is 103 cm³/mol. The number of thiazole rings is 1. The Hall–Kier alpha value is -3.06. The number of nitrogens with one attached hydrogen (secondary N) is 2. The third-order valence-corrected chi connectivity index (χ3v) is 4.61. The molecule has 7 heteroatoms. The molecule has 2 N–H and O–H groups in total. The molecule has 2 amide bonds. The highest BCUT2D eigenvalue weighted by Gasteiger charge is 2.10. The van der Waals surface area contributed by atoms with Crippen LogP contribution >= 0.6 is 11.3 Å². The molecular weight excluding hydrogens is 350 g/mol. The molecule has 1 heterocycles. The topological polar surface area (TPSA) is 88.2 Å². The number of carbonyl (C=O) groups is 3. The van der Waals surface area contributed by atoms with E-state index in [0.29, 0.717) is 16.4 Å². The lowest BCUT2D eigenvalue weighted by molar-refractivity contribution is -0.116. The molecule has 1 aromatic heterocycles. The lowest BCUT2D eigenvalue weighted by Crippen LogP contribution is -2.14. The molecule has 0 bridgehead atoms. The Labute approximate surface area is 154 Å². The van der Waals surface area contributed by atoms with E-state index in [4.69, 9.17) is 0 Å². The van der Waals surface area contributed by atoms with Gasteiger partial charge in [-0.2, -0.15) is 0 Å². The summed E-state index contributed by atoms with van der Waals surface area (Å²) < 4.78 is 0.854. The van der Waals surface area contributed by atoms with E-state index < -0.39 is 0 Å². The SMILES string of the molecule is CC(=O)Nc1ccc(CC(=O)Nc2nc3ccc(C(C)=O)cc3s2)cc1. The quantitative estimate of drug-likeness (QED) is 0.674. The second-order valence-corrected chi connectivity index (χ2v) is 6.89. The van der Waals surface area contributed by atoms with Crippen molar-refractivity contribution in [1.82, 2.24) is 4.98 Å². The highest BCUT2D eigenvalue weighted by atomic mass is 32.1. The number of aromatic nitrogens is 1. The number of amides is 2. The number of carbonyl (C=O) groups excluding carboxylic acids is 3. The molecule has 0 unspecified atom stereocenters. The summed E-state index contributed by atoms with van der Waals surface area (Å²) in [5.41, 5.74) is 2.89. The maximum Gasteiger partial charge on any atom is 0.230 e. The van der Waals surface area contributed by atoms with Gasteiger partial charge in [-0.1, -0.05) is 23.5 Å². The van der Waals surface area contributed by atoms with Crippen LogP contribution in [-0.4, -0.2) is 22.6 Å². The van der Waals surface area contributed by atoms with E-state index in [9.17, 15) is 14.4 Å². The molecule has 0 atom stereocenters. The molecule has 0 aliphatic heterocycles. The Balaban J connectivity index is 1.66. The van der Waals surface area contributed by atoms with Crippen molar-refractivity contribution in [2.45, 2.75) is 20.3 Å². The molecule has 3 rings (SSSR count). The minimum atomic E-state index is -0.178. The van der Waals surface area contributed by atoms with Gasteiger partial charge in [0, 0.05) is 18.2 Å². The molecule has 0 saturated heterocycles. The second-order valence-electron chi connectivity index (χ2n) is 5.86. The molecule has 3 aromatic rings. The van der Waals surface area contributed by atoms with E-state index in [1.165, 1.54) is 25.2 Å². The first-order valence-electron chi connectivity index (χ1n) is 7.98. The molecule has 26 heavy (non-hydrogen) atoms. The standard InChI is InChI=1S/C19H17N3O3S/c1-11(23)14-5-8-16-17(10-14)26-19(21-16)22-18(25)9-13-3-6-15(7-4-13)20-12(2)24/h3-8,10H,9H2,1-2H3,(H,20,24)(H,21,22,25). The van der Waals surface area contributed by atoms with Gasteiger partial charge in [0.05, 0.1) is 16.6 Å². The molecule has 0 aliphatic carbocycles. The number of Topliss-reactive ketones (excluding diaryl/α,β-unsaturated/α-hetero) is 1. The van der Waals surface area contributed by atoms with E-state index in [1.54, 1.807) is 42.5 Å². The molecule has 2 aromatic carbocycles. The van der Waals surface area contributed by atoms with Crippen LogP contribution in [0.15, 0.2) is 42.5 Å². The molecule has 0 aliphatic rings. The van der Waals surface area contributed by atoms with Gasteiger partial charge in [-0.05, 0) is 42.8 Å². The largest absolute Gasteiger partial charge is 0.326 e. The van der Waals surface area contributed by atoms with E-state index in [2.05, 4.69) is 15.6 Å². The summed E-state index contributed by atoms with van der Waals surface area (Å²) in [4.78, 5) is 39.1. The zero-order chi connectivity index (χ0) is 18.7. The van der Waals surface area contributed by atoms with Gasteiger partial charge in [-0.3, -0.25) is 14.4 Å². The summed E-state index contributed by atoms with van der Waals surface area (Å²) in [6, 6.07) is 12.4. The van der Waals surface area contributed by atoms with Crippen molar-refractivity contribution in [3.8, 4) is 0 Å². The fraction of sp³-hybridized carbons (Fsp3) is 0.158. The number of benzene rings is 2. The van der Waals surface area contributed by atoms with E-state index in [0.717, 1.165) is 15.8 Å². The average molecular weight is 367 g/mol. The average Bonchev–Trinajstić information content (AvgIpc) is 2.97. The highest BCUT2D eigenvalue weighted by molar-refractivity contribution is 7.22. The molecular formula is C19H17N3O3S. The summed E-state index contributed by atoms with van der Waals surface area (Å²) in [6.07, 6.45) is 0.203. The summed E-state index contributed by atoms with van der Waals surface area (Å²) in [5, 5.41) is 5.97. The van der Waals surface area contributed by atoms with Crippen molar-refractivity contribution in [2.75, 3.05) is 10.6 Å². The third kappa shape index (κ3) is 4.31. The van der Waals surface area contributed by atoms with E-state index in [1.807, 2.05) is 0 Å². The molecule has 0 fully saturated rings.